The minimum atomic E-state index is -4.49. The van der Waals surface area contributed by atoms with E-state index in [-0.39, 0.29) is 10.8 Å². The molecular formula is C25H15F3N2O. The topological polar surface area (TPSA) is 34.9 Å². The molecule has 0 radical (unpaired) electrons. The minimum Gasteiger partial charge on any atom is -0.274 e. The lowest BCUT2D eigenvalue weighted by molar-refractivity contribution is -0.137. The molecule has 5 rings (SSSR count). The Kier molecular flexibility index (Phi) is 4.36. The number of para-hydroxylation sites is 1. The molecule has 2 aromatic heterocycles. The number of alkyl halides is 3. The Hall–Kier alpha value is -3.93. The van der Waals surface area contributed by atoms with Crippen molar-refractivity contribution in [1.82, 2.24) is 9.55 Å². The average molecular weight is 416 g/mol. The summed E-state index contributed by atoms with van der Waals surface area (Å²) in [5.41, 5.74) is 1.23. The van der Waals surface area contributed by atoms with Gasteiger partial charge in [0.2, 0.25) is 0 Å². The van der Waals surface area contributed by atoms with E-state index >= 15 is 0 Å². The van der Waals surface area contributed by atoms with Crippen molar-refractivity contribution in [1.29, 1.82) is 0 Å². The summed E-state index contributed by atoms with van der Waals surface area (Å²) in [5.74, 6) is 0. The lowest BCUT2D eigenvalue weighted by Gasteiger charge is -2.17. The number of benzene rings is 3. The van der Waals surface area contributed by atoms with Crippen LogP contribution in [0, 0.1) is 0 Å². The highest BCUT2D eigenvalue weighted by molar-refractivity contribution is 5.91. The predicted molar refractivity (Wildman–Crippen MR) is 115 cm³/mol. The summed E-state index contributed by atoms with van der Waals surface area (Å²) >= 11 is 0. The Morgan fingerprint density at radius 2 is 1.55 bits per heavy atom. The molecule has 0 amide bonds. The number of aromatic nitrogens is 2. The third-order valence-electron chi connectivity index (χ3n) is 5.27. The number of pyridine rings is 2. The van der Waals surface area contributed by atoms with E-state index in [0.717, 1.165) is 17.5 Å². The van der Waals surface area contributed by atoms with Gasteiger partial charge in [-0.05, 0) is 47.3 Å². The van der Waals surface area contributed by atoms with Crippen LogP contribution >= 0.6 is 0 Å². The molecule has 0 saturated carbocycles. The maximum absolute atomic E-state index is 13.6. The van der Waals surface area contributed by atoms with Gasteiger partial charge in [-0.1, -0.05) is 48.5 Å². The Morgan fingerprint density at radius 1 is 0.774 bits per heavy atom. The normalized spacial score (nSPS) is 11.8. The Bertz CT molecular complexity index is 1480. The van der Waals surface area contributed by atoms with E-state index in [1.807, 2.05) is 54.6 Å². The molecular weight excluding hydrogens is 401 g/mol. The van der Waals surface area contributed by atoms with Gasteiger partial charge in [0.1, 0.15) is 0 Å². The first-order valence-electron chi connectivity index (χ1n) is 9.60. The van der Waals surface area contributed by atoms with Crippen LogP contribution in [0.25, 0.3) is 38.6 Å². The van der Waals surface area contributed by atoms with E-state index in [4.69, 9.17) is 0 Å². The molecule has 0 N–H and O–H groups in total. The van der Waals surface area contributed by atoms with Crippen molar-refractivity contribution in [3.8, 4) is 16.9 Å². The molecule has 0 bridgehead atoms. The number of rotatable bonds is 2. The molecule has 6 heteroatoms. The number of fused-ring (bicyclic) bond motifs is 2. The maximum atomic E-state index is 13.6. The minimum absolute atomic E-state index is 0.209. The van der Waals surface area contributed by atoms with Crippen LogP contribution in [0.15, 0.2) is 95.9 Å². The molecule has 0 spiro atoms. The van der Waals surface area contributed by atoms with Crippen LogP contribution in [-0.4, -0.2) is 9.55 Å². The molecule has 3 nitrogen and oxygen atoms in total. The predicted octanol–water partition coefficient (Wildman–Crippen LogP) is 6.22. The summed E-state index contributed by atoms with van der Waals surface area (Å²) in [7, 11) is 0. The highest BCUT2D eigenvalue weighted by atomic mass is 19.4. The fourth-order valence-electron chi connectivity index (χ4n) is 3.82. The van der Waals surface area contributed by atoms with Crippen molar-refractivity contribution in [2.45, 2.75) is 6.18 Å². The molecule has 0 unspecified atom stereocenters. The fourth-order valence-corrected chi connectivity index (χ4v) is 3.82. The van der Waals surface area contributed by atoms with Crippen LogP contribution < -0.4 is 5.56 Å². The summed E-state index contributed by atoms with van der Waals surface area (Å²) in [6.07, 6.45) is -2.84. The van der Waals surface area contributed by atoms with Crippen molar-refractivity contribution >= 4 is 21.7 Å². The first kappa shape index (κ1) is 19.1. The molecule has 0 aliphatic carbocycles. The number of hydrogen-bond donors (Lipinski definition) is 0. The molecule has 152 valence electrons. The zero-order chi connectivity index (χ0) is 21.6. The summed E-state index contributed by atoms with van der Waals surface area (Å²) < 4.78 is 41.3. The SMILES string of the molecule is O=c1c2ccc(C(F)(F)F)cc2cc(-c2ccccc2)n1-c1cccc2cccnc12. The van der Waals surface area contributed by atoms with Crippen LogP contribution in [0.1, 0.15) is 5.56 Å². The molecule has 31 heavy (non-hydrogen) atoms. The van der Waals surface area contributed by atoms with Gasteiger partial charge in [0.15, 0.2) is 0 Å². The quantitative estimate of drug-likeness (QED) is 0.342. The zero-order valence-electron chi connectivity index (χ0n) is 16.1. The largest absolute Gasteiger partial charge is 0.416 e. The van der Waals surface area contributed by atoms with Crippen molar-refractivity contribution in [2.75, 3.05) is 0 Å². The zero-order valence-corrected chi connectivity index (χ0v) is 16.1. The second kappa shape index (κ2) is 7.09. The molecule has 5 aromatic rings. The lowest BCUT2D eigenvalue weighted by Crippen LogP contribution is -2.21. The van der Waals surface area contributed by atoms with Crippen molar-refractivity contribution in [2.24, 2.45) is 0 Å². The van der Waals surface area contributed by atoms with Crippen LogP contribution in [0.4, 0.5) is 13.2 Å². The van der Waals surface area contributed by atoms with Crippen molar-refractivity contribution < 1.29 is 13.2 Å². The molecule has 0 aliphatic heterocycles. The van der Waals surface area contributed by atoms with Gasteiger partial charge >= 0.3 is 6.18 Å². The van der Waals surface area contributed by atoms with E-state index in [9.17, 15) is 18.0 Å². The Morgan fingerprint density at radius 3 is 2.32 bits per heavy atom. The van der Waals surface area contributed by atoms with Crippen LogP contribution in [-0.2, 0) is 6.18 Å². The Labute approximate surface area is 175 Å². The van der Waals surface area contributed by atoms with Gasteiger partial charge in [0.25, 0.3) is 5.56 Å². The van der Waals surface area contributed by atoms with Crippen molar-refractivity contribution in [3.63, 3.8) is 0 Å². The van der Waals surface area contributed by atoms with Crippen LogP contribution in [0.3, 0.4) is 0 Å². The van der Waals surface area contributed by atoms with Gasteiger partial charge in [-0.15, -0.1) is 0 Å². The monoisotopic (exact) mass is 416 g/mol. The van der Waals surface area contributed by atoms with Gasteiger partial charge in [-0.2, -0.15) is 13.2 Å². The standard InChI is InChI=1S/C25H15F3N2O/c26-25(27,28)19-11-12-20-18(14-19)15-22(16-6-2-1-3-7-16)30(24(20)31)21-10-4-8-17-9-5-13-29-23(17)21/h1-15H. The average Bonchev–Trinajstić information content (AvgIpc) is 2.78. The van der Waals surface area contributed by atoms with Gasteiger partial charge in [0, 0.05) is 17.0 Å². The van der Waals surface area contributed by atoms with Crippen LogP contribution in [0.2, 0.25) is 0 Å². The second-order valence-corrected chi connectivity index (χ2v) is 7.19. The smallest absolute Gasteiger partial charge is 0.274 e. The van der Waals surface area contributed by atoms with E-state index in [0.29, 0.717) is 22.5 Å². The number of halogens is 3. The summed E-state index contributed by atoms with van der Waals surface area (Å²) in [5, 5.41) is 1.31. The molecule has 3 aromatic carbocycles. The third kappa shape index (κ3) is 3.26. The summed E-state index contributed by atoms with van der Waals surface area (Å²) in [4.78, 5) is 18.0. The molecule has 0 aliphatic rings. The maximum Gasteiger partial charge on any atom is 0.416 e. The van der Waals surface area contributed by atoms with Gasteiger partial charge in [0.05, 0.1) is 22.5 Å². The number of nitrogens with zero attached hydrogens (tertiary/aromatic N) is 2. The van der Waals surface area contributed by atoms with Crippen molar-refractivity contribution in [3.05, 3.63) is 107 Å². The summed E-state index contributed by atoms with van der Waals surface area (Å²) in [6, 6.07) is 23.2. The van der Waals surface area contributed by atoms with Gasteiger partial charge in [-0.25, -0.2) is 0 Å². The molecule has 0 atom stereocenters. The van der Waals surface area contributed by atoms with Gasteiger partial charge in [-0.3, -0.25) is 14.3 Å². The second-order valence-electron chi connectivity index (χ2n) is 7.19. The molecule has 0 saturated heterocycles. The number of hydrogen-bond acceptors (Lipinski definition) is 2. The summed E-state index contributed by atoms with van der Waals surface area (Å²) in [6.45, 7) is 0. The van der Waals surface area contributed by atoms with Gasteiger partial charge < -0.3 is 0 Å². The van der Waals surface area contributed by atoms with Crippen LogP contribution in [0.5, 0.6) is 0 Å². The lowest BCUT2D eigenvalue weighted by atomic mass is 10.0. The molecule has 2 heterocycles. The first-order chi connectivity index (χ1) is 14.9. The van der Waals surface area contributed by atoms with E-state index < -0.39 is 17.3 Å². The highest BCUT2D eigenvalue weighted by Crippen LogP contribution is 2.33. The first-order valence-corrected chi connectivity index (χ1v) is 9.60. The van der Waals surface area contributed by atoms with E-state index in [2.05, 4.69) is 4.98 Å². The highest BCUT2D eigenvalue weighted by Gasteiger charge is 2.30. The van der Waals surface area contributed by atoms with E-state index in [1.54, 1.807) is 18.3 Å². The van der Waals surface area contributed by atoms with E-state index in [1.165, 1.54) is 10.6 Å². The Balaban J connectivity index is 1.91. The molecule has 0 fully saturated rings. The third-order valence-corrected chi connectivity index (χ3v) is 5.27. The fraction of sp³-hybridized carbons (Fsp3) is 0.0400.